The number of hydrogen-bond acceptors (Lipinski definition) is 5. The number of carbonyl (C=O) groups is 3. The van der Waals surface area contributed by atoms with Gasteiger partial charge >= 0.3 is 17.9 Å². The van der Waals surface area contributed by atoms with E-state index in [0.717, 1.165) is 12.1 Å². The summed E-state index contributed by atoms with van der Waals surface area (Å²) in [6, 6.07) is 12.5. The first kappa shape index (κ1) is 18.0. The molecule has 0 atom stereocenters. The maximum atomic E-state index is 11.9. The van der Waals surface area contributed by atoms with Gasteiger partial charge in [0.2, 0.25) is 0 Å². The minimum absolute atomic E-state index is 0.0219. The highest BCUT2D eigenvalue weighted by Gasteiger charge is 2.19. The maximum Gasteiger partial charge on any atom is 0.338 e. The molecule has 0 unspecified atom stereocenters. The second-order valence-electron chi connectivity index (χ2n) is 5.02. The van der Waals surface area contributed by atoms with Crippen molar-refractivity contribution in [2.75, 3.05) is 13.2 Å². The van der Waals surface area contributed by atoms with Crippen LogP contribution in [0.1, 0.15) is 37.5 Å². The molecule has 2 rings (SSSR count). The van der Waals surface area contributed by atoms with Crippen LogP contribution in [0.3, 0.4) is 0 Å². The van der Waals surface area contributed by atoms with E-state index >= 15 is 0 Å². The Morgan fingerprint density at radius 2 is 1.52 bits per heavy atom. The van der Waals surface area contributed by atoms with Gasteiger partial charge in [-0.2, -0.15) is 0 Å². The van der Waals surface area contributed by atoms with Crippen LogP contribution in [0.2, 0.25) is 0 Å². The Kier molecular flexibility index (Phi) is 6.11. The molecule has 0 bridgehead atoms. The summed E-state index contributed by atoms with van der Waals surface area (Å²) in [7, 11) is 0. The number of para-hydroxylation sites is 1. The topological polar surface area (TPSA) is 110 Å². The third kappa shape index (κ3) is 5.07. The molecule has 2 aromatic rings. The van der Waals surface area contributed by atoms with Gasteiger partial charge in [0.15, 0.2) is 0 Å². The lowest BCUT2D eigenvalue weighted by Gasteiger charge is -2.08. The summed E-state index contributed by atoms with van der Waals surface area (Å²) >= 11 is 0. The summed E-state index contributed by atoms with van der Waals surface area (Å²) < 4.78 is 10.5. The van der Waals surface area contributed by atoms with Gasteiger partial charge in [-0.3, -0.25) is 0 Å². The molecule has 2 N–H and O–H groups in total. The molecule has 0 saturated carbocycles. The maximum absolute atomic E-state index is 11.9. The number of rotatable bonds is 8. The van der Waals surface area contributed by atoms with E-state index in [1.165, 1.54) is 6.07 Å². The first-order valence-corrected chi connectivity index (χ1v) is 7.44. The fraction of sp³-hybridized carbons (Fsp3) is 0.167. The van der Waals surface area contributed by atoms with E-state index in [-0.39, 0.29) is 17.7 Å². The fourth-order valence-electron chi connectivity index (χ4n) is 2.05. The third-order valence-corrected chi connectivity index (χ3v) is 3.25. The van der Waals surface area contributed by atoms with Gasteiger partial charge in [-0.05, 0) is 30.3 Å². The average molecular weight is 344 g/mol. The van der Waals surface area contributed by atoms with Crippen LogP contribution in [0, 0.1) is 0 Å². The average Bonchev–Trinajstić information content (AvgIpc) is 2.61. The molecule has 130 valence electrons. The lowest BCUT2D eigenvalue weighted by Crippen LogP contribution is -2.13. The molecule has 0 aliphatic rings. The quantitative estimate of drug-likeness (QED) is 0.559. The lowest BCUT2D eigenvalue weighted by atomic mass is 10.0. The van der Waals surface area contributed by atoms with Crippen LogP contribution in [0.5, 0.6) is 5.75 Å². The molecule has 7 nitrogen and oxygen atoms in total. The van der Waals surface area contributed by atoms with E-state index in [9.17, 15) is 14.4 Å². The standard InChI is InChI=1S/C18H16O7/c19-16(20)14-8-7-12(11-15(14)17(21)22)18(23)25-10-4-9-24-13-5-2-1-3-6-13/h1-3,5-8,11H,4,9-10H2,(H,19,20)(H,21,22). The van der Waals surface area contributed by atoms with Gasteiger partial charge in [-0.1, -0.05) is 18.2 Å². The predicted octanol–water partition coefficient (Wildman–Crippen LogP) is 2.71. The zero-order valence-electron chi connectivity index (χ0n) is 13.2. The first-order valence-electron chi connectivity index (χ1n) is 7.44. The molecule has 0 fully saturated rings. The predicted molar refractivity (Wildman–Crippen MR) is 87.2 cm³/mol. The smallest absolute Gasteiger partial charge is 0.338 e. The van der Waals surface area contributed by atoms with Gasteiger partial charge in [0.25, 0.3) is 0 Å². The van der Waals surface area contributed by atoms with Crippen molar-refractivity contribution in [3.63, 3.8) is 0 Å². The van der Waals surface area contributed by atoms with E-state index in [4.69, 9.17) is 19.7 Å². The van der Waals surface area contributed by atoms with Gasteiger partial charge in [-0.15, -0.1) is 0 Å². The van der Waals surface area contributed by atoms with Crippen molar-refractivity contribution in [1.29, 1.82) is 0 Å². The monoisotopic (exact) mass is 344 g/mol. The number of hydrogen-bond donors (Lipinski definition) is 2. The van der Waals surface area contributed by atoms with Gasteiger partial charge in [0.1, 0.15) is 5.75 Å². The highest BCUT2D eigenvalue weighted by atomic mass is 16.5. The number of aromatic carboxylic acids is 2. The van der Waals surface area contributed by atoms with E-state index < -0.39 is 23.5 Å². The number of carboxylic acid groups (broad SMARTS) is 2. The second kappa shape index (κ2) is 8.49. The SMILES string of the molecule is O=C(OCCCOc1ccccc1)c1ccc(C(=O)O)c(C(=O)O)c1. The normalized spacial score (nSPS) is 10.1. The van der Waals surface area contributed by atoms with Crippen LogP contribution < -0.4 is 4.74 Å². The van der Waals surface area contributed by atoms with Crippen LogP contribution in [-0.2, 0) is 4.74 Å². The van der Waals surface area contributed by atoms with Crippen LogP contribution >= 0.6 is 0 Å². The lowest BCUT2D eigenvalue weighted by molar-refractivity contribution is 0.0485. The highest BCUT2D eigenvalue weighted by Crippen LogP contribution is 2.14. The first-order chi connectivity index (χ1) is 12.0. The summed E-state index contributed by atoms with van der Waals surface area (Å²) in [5.74, 6) is -2.82. The van der Waals surface area contributed by atoms with Crippen molar-refractivity contribution < 1.29 is 34.1 Å². The van der Waals surface area contributed by atoms with Crippen molar-refractivity contribution in [3.8, 4) is 5.75 Å². The van der Waals surface area contributed by atoms with Crippen LogP contribution in [0.25, 0.3) is 0 Å². The van der Waals surface area contributed by atoms with Crippen molar-refractivity contribution in [2.24, 2.45) is 0 Å². The summed E-state index contributed by atoms with van der Waals surface area (Å²) in [4.78, 5) is 34.0. The minimum atomic E-state index is -1.43. The van der Waals surface area contributed by atoms with E-state index in [1.54, 1.807) is 0 Å². The van der Waals surface area contributed by atoms with Crippen LogP contribution in [0.15, 0.2) is 48.5 Å². The van der Waals surface area contributed by atoms with Crippen molar-refractivity contribution in [3.05, 3.63) is 65.2 Å². The molecule has 25 heavy (non-hydrogen) atoms. The summed E-state index contributed by atoms with van der Waals surface area (Å²) in [5, 5.41) is 18.0. The zero-order chi connectivity index (χ0) is 18.2. The largest absolute Gasteiger partial charge is 0.493 e. The Hall–Kier alpha value is -3.35. The van der Waals surface area contributed by atoms with Gasteiger partial charge in [0.05, 0.1) is 29.9 Å². The molecular formula is C18H16O7. The molecular weight excluding hydrogens is 328 g/mol. The molecule has 7 heteroatoms. The molecule has 0 amide bonds. The Balaban J connectivity index is 1.87. The van der Waals surface area contributed by atoms with Crippen molar-refractivity contribution in [1.82, 2.24) is 0 Å². The zero-order valence-corrected chi connectivity index (χ0v) is 13.2. The van der Waals surface area contributed by atoms with Crippen LogP contribution in [-0.4, -0.2) is 41.3 Å². The van der Waals surface area contributed by atoms with E-state index in [2.05, 4.69) is 0 Å². The molecule has 0 radical (unpaired) electrons. The Bertz CT molecular complexity index is 768. The van der Waals surface area contributed by atoms with Gasteiger partial charge in [-0.25, -0.2) is 14.4 Å². The van der Waals surface area contributed by atoms with Gasteiger partial charge in [0, 0.05) is 6.42 Å². The Labute approximate surface area is 143 Å². The van der Waals surface area contributed by atoms with Gasteiger partial charge < -0.3 is 19.7 Å². The van der Waals surface area contributed by atoms with Crippen molar-refractivity contribution in [2.45, 2.75) is 6.42 Å². The number of ether oxygens (including phenoxy) is 2. The number of carbonyl (C=O) groups excluding carboxylic acids is 1. The van der Waals surface area contributed by atoms with Crippen molar-refractivity contribution >= 4 is 17.9 Å². The summed E-state index contributed by atoms with van der Waals surface area (Å²) in [5.41, 5.74) is -0.874. The minimum Gasteiger partial charge on any atom is -0.493 e. The molecule has 0 aromatic heterocycles. The number of esters is 1. The number of benzene rings is 2. The Morgan fingerprint density at radius 3 is 2.16 bits per heavy atom. The Morgan fingerprint density at radius 1 is 0.840 bits per heavy atom. The molecule has 0 spiro atoms. The molecule has 0 aliphatic carbocycles. The fourth-order valence-corrected chi connectivity index (χ4v) is 2.05. The summed E-state index contributed by atoms with van der Waals surface area (Å²) in [6.45, 7) is 0.449. The van der Waals surface area contributed by atoms with E-state index in [0.29, 0.717) is 18.8 Å². The highest BCUT2D eigenvalue weighted by molar-refractivity contribution is 6.03. The van der Waals surface area contributed by atoms with E-state index in [1.807, 2.05) is 30.3 Å². The van der Waals surface area contributed by atoms with Crippen LogP contribution in [0.4, 0.5) is 0 Å². The third-order valence-electron chi connectivity index (χ3n) is 3.25. The molecule has 2 aromatic carbocycles. The molecule has 0 aliphatic heterocycles. The summed E-state index contributed by atoms with van der Waals surface area (Å²) in [6.07, 6.45) is 0.458. The molecule has 0 heterocycles. The second-order valence-corrected chi connectivity index (χ2v) is 5.02. The number of carboxylic acids is 2. The molecule has 0 saturated heterocycles.